The van der Waals surface area contributed by atoms with Gasteiger partial charge in [0.2, 0.25) is 3.79 Å². The molecule has 0 aliphatic carbocycles. The Labute approximate surface area is 95.0 Å². The maximum absolute atomic E-state index is 5.58. The van der Waals surface area contributed by atoms with Crippen LogP contribution in [0.2, 0.25) is 0 Å². The van der Waals surface area contributed by atoms with Crippen molar-refractivity contribution in [2.45, 2.75) is 3.79 Å². The predicted octanol–water partition coefficient (Wildman–Crippen LogP) is 2.97. The second kappa shape index (κ2) is 4.00. The number of nitrogens with one attached hydrogen (secondary N) is 1. The average molecular weight is 260 g/mol. The summed E-state index contributed by atoms with van der Waals surface area (Å²) in [5.74, 6) is 0.608. The van der Waals surface area contributed by atoms with Crippen LogP contribution in [0.1, 0.15) is 5.82 Å². The first-order valence-corrected chi connectivity index (χ1v) is 4.70. The van der Waals surface area contributed by atoms with Crippen molar-refractivity contribution in [3.63, 3.8) is 0 Å². The molecule has 0 atom stereocenters. The highest BCUT2D eigenvalue weighted by Gasteiger charge is 2.25. The molecule has 0 unspecified atom stereocenters. The highest BCUT2D eigenvalue weighted by molar-refractivity contribution is 7.71. The Morgan fingerprint density at radius 3 is 2.54 bits per heavy atom. The molecule has 0 bridgehead atoms. The molecule has 1 heterocycles. The van der Waals surface area contributed by atoms with Crippen LogP contribution in [0.25, 0.3) is 0 Å². The average Bonchev–Trinajstić information content (AvgIpc) is 2.02. The van der Waals surface area contributed by atoms with Gasteiger partial charge in [-0.1, -0.05) is 47.0 Å². The van der Waals surface area contributed by atoms with Crippen LogP contribution in [0.4, 0.5) is 0 Å². The molecule has 1 aromatic rings. The smallest absolute Gasteiger partial charge is 0.248 e. The molecule has 0 saturated heterocycles. The van der Waals surface area contributed by atoms with Crippen LogP contribution < -0.4 is 4.74 Å². The second-order valence-electron chi connectivity index (χ2n) is 2.13. The van der Waals surface area contributed by atoms with Gasteiger partial charge in [0.05, 0.1) is 13.3 Å². The molecule has 0 aliphatic heterocycles. The van der Waals surface area contributed by atoms with E-state index in [9.17, 15) is 0 Å². The highest BCUT2D eigenvalue weighted by Crippen LogP contribution is 2.35. The van der Waals surface area contributed by atoms with Gasteiger partial charge in [0.15, 0.2) is 11.6 Å². The normalized spacial score (nSPS) is 11.4. The fraction of sp³-hybridized carbons (Fsp3) is 0.333. The van der Waals surface area contributed by atoms with Crippen LogP contribution >= 0.6 is 47.0 Å². The van der Waals surface area contributed by atoms with Gasteiger partial charge in [-0.15, -0.1) is 0 Å². The number of halogens is 3. The van der Waals surface area contributed by atoms with E-state index in [1.54, 1.807) is 0 Å². The van der Waals surface area contributed by atoms with Gasteiger partial charge >= 0.3 is 0 Å². The maximum Gasteiger partial charge on any atom is 0.248 e. The fourth-order valence-electron chi connectivity index (χ4n) is 0.673. The maximum atomic E-state index is 5.58. The monoisotopic (exact) mass is 258 g/mol. The topological polar surface area (TPSA) is 37.9 Å². The minimum Gasteiger partial charge on any atom is -0.492 e. The van der Waals surface area contributed by atoms with Gasteiger partial charge in [-0.25, -0.2) is 4.98 Å². The van der Waals surface area contributed by atoms with E-state index in [0.717, 1.165) is 0 Å². The first kappa shape index (κ1) is 11.0. The third-order valence-corrected chi connectivity index (χ3v) is 2.10. The number of nitrogens with zero attached hydrogens (tertiary/aromatic N) is 1. The van der Waals surface area contributed by atoms with Gasteiger partial charge in [-0.05, 0) is 0 Å². The summed E-state index contributed by atoms with van der Waals surface area (Å²) in [5.41, 5.74) is 0. The lowest BCUT2D eigenvalue weighted by Crippen LogP contribution is -2.07. The Balaban J connectivity index is 3.18. The SMILES string of the molecule is COc1cnc(C(Cl)(Cl)Cl)[nH]c1=S. The fourth-order valence-corrected chi connectivity index (χ4v) is 1.19. The molecular formula is C6H5Cl3N2OS. The minimum atomic E-state index is -1.60. The number of aromatic nitrogens is 2. The number of methoxy groups -OCH3 is 1. The van der Waals surface area contributed by atoms with Crippen LogP contribution in [-0.2, 0) is 3.79 Å². The third kappa shape index (κ3) is 2.71. The minimum absolute atomic E-state index is 0.170. The molecule has 0 spiro atoms. The summed E-state index contributed by atoms with van der Waals surface area (Å²) in [6, 6.07) is 0. The van der Waals surface area contributed by atoms with Gasteiger partial charge in [0.25, 0.3) is 0 Å². The van der Waals surface area contributed by atoms with Crippen molar-refractivity contribution >= 4 is 47.0 Å². The molecule has 0 radical (unpaired) electrons. The molecule has 7 heteroatoms. The third-order valence-electron chi connectivity index (χ3n) is 1.26. The van der Waals surface area contributed by atoms with E-state index in [0.29, 0.717) is 10.4 Å². The Morgan fingerprint density at radius 2 is 2.15 bits per heavy atom. The predicted molar refractivity (Wildman–Crippen MR) is 55.2 cm³/mol. The van der Waals surface area contributed by atoms with E-state index in [1.807, 2.05) is 0 Å². The molecule has 0 fully saturated rings. The summed E-state index contributed by atoms with van der Waals surface area (Å²) in [7, 11) is 1.48. The van der Waals surface area contributed by atoms with Crippen molar-refractivity contribution < 1.29 is 4.74 Å². The van der Waals surface area contributed by atoms with Crippen molar-refractivity contribution in [3.8, 4) is 5.75 Å². The van der Waals surface area contributed by atoms with Crippen molar-refractivity contribution in [2.75, 3.05) is 7.11 Å². The molecule has 1 aromatic heterocycles. The summed E-state index contributed by atoms with van der Waals surface area (Å²) >= 11 is 21.6. The number of hydrogen-bond donors (Lipinski definition) is 1. The Morgan fingerprint density at radius 1 is 1.54 bits per heavy atom. The summed E-state index contributed by atoms with van der Waals surface area (Å²) in [5, 5.41) is 0. The second-order valence-corrected chi connectivity index (χ2v) is 4.82. The zero-order chi connectivity index (χ0) is 10.1. The lowest BCUT2D eigenvalue weighted by Gasteiger charge is -2.10. The number of hydrogen-bond acceptors (Lipinski definition) is 3. The quantitative estimate of drug-likeness (QED) is 0.622. The summed E-state index contributed by atoms with van der Waals surface area (Å²) in [4.78, 5) is 6.49. The Bertz CT molecular complexity index is 360. The van der Waals surface area contributed by atoms with E-state index >= 15 is 0 Å². The summed E-state index contributed by atoms with van der Waals surface area (Å²) < 4.78 is 3.63. The number of alkyl halides is 3. The van der Waals surface area contributed by atoms with E-state index < -0.39 is 3.79 Å². The molecule has 0 saturated carbocycles. The zero-order valence-electron chi connectivity index (χ0n) is 6.47. The molecular weight excluding hydrogens is 255 g/mol. The zero-order valence-corrected chi connectivity index (χ0v) is 9.56. The van der Waals surface area contributed by atoms with Gasteiger partial charge in [0, 0.05) is 0 Å². The lowest BCUT2D eigenvalue weighted by atomic mass is 10.5. The van der Waals surface area contributed by atoms with Crippen LogP contribution in [-0.4, -0.2) is 17.1 Å². The molecule has 0 aliphatic rings. The van der Waals surface area contributed by atoms with E-state index in [2.05, 4.69) is 9.97 Å². The summed E-state index contributed by atoms with van der Waals surface area (Å²) in [6.07, 6.45) is 1.40. The Kier molecular flexibility index (Phi) is 3.40. The van der Waals surface area contributed by atoms with Crippen LogP contribution in [0.15, 0.2) is 6.20 Å². The van der Waals surface area contributed by atoms with E-state index in [4.69, 9.17) is 51.8 Å². The van der Waals surface area contributed by atoms with Gasteiger partial charge in [-0.3, -0.25) is 0 Å². The van der Waals surface area contributed by atoms with Gasteiger partial charge in [0.1, 0.15) is 4.64 Å². The number of rotatable bonds is 1. The molecule has 72 valence electrons. The first-order valence-electron chi connectivity index (χ1n) is 3.15. The largest absolute Gasteiger partial charge is 0.492 e. The summed E-state index contributed by atoms with van der Waals surface area (Å²) in [6.45, 7) is 0. The Hall–Kier alpha value is -0.0300. The van der Waals surface area contributed by atoms with Crippen molar-refractivity contribution in [1.82, 2.24) is 9.97 Å². The molecule has 0 amide bonds. The lowest BCUT2D eigenvalue weighted by molar-refractivity contribution is 0.408. The molecule has 1 rings (SSSR count). The van der Waals surface area contributed by atoms with E-state index in [-0.39, 0.29) is 5.82 Å². The molecule has 13 heavy (non-hydrogen) atoms. The van der Waals surface area contributed by atoms with E-state index in [1.165, 1.54) is 13.3 Å². The van der Waals surface area contributed by atoms with Crippen molar-refractivity contribution in [1.29, 1.82) is 0 Å². The van der Waals surface area contributed by atoms with Gasteiger partial charge < -0.3 is 9.72 Å². The first-order chi connectivity index (χ1) is 5.95. The van der Waals surface area contributed by atoms with Crippen LogP contribution in [0.5, 0.6) is 5.75 Å². The van der Waals surface area contributed by atoms with Crippen LogP contribution in [0.3, 0.4) is 0 Å². The number of H-pyrrole nitrogens is 1. The molecule has 3 nitrogen and oxygen atoms in total. The number of aromatic amines is 1. The standard InChI is InChI=1S/C6H5Cl3N2OS/c1-12-3-2-10-5(6(7,8)9)11-4(3)13/h2H,1H3,(H,10,11,13). The van der Waals surface area contributed by atoms with Crippen molar-refractivity contribution in [2.24, 2.45) is 0 Å². The molecule has 0 aromatic carbocycles. The number of ether oxygens (including phenoxy) is 1. The van der Waals surface area contributed by atoms with Gasteiger partial charge in [-0.2, -0.15) is 0 Å². The molecule has 1 N–H and O–H groups in total. The van der Waals surface area contributed by atoms with Crippen molar-refractivity contribution in [3.05, 3.63) is 16.7 Å². The highest BCUT2D eigenvalue weighted by atomic mass is 35.6. The van der Waals surface area contributed by atoms with Crippen LogP contribution in [0, 0.1) is 4.64 Å².